The number of piperidine rings is 1. The molecule has 30 heavy (non-hydrogen) atoms. The van der Waals surface area contributed by atoms with E-state index in [0.29, 0.717) is 17.9 Å². The standard InChI is InChI=1S/C23H21F2N3O2/c1-14-20(27-23(29-14)16-9-17(24)11-18(25)10-16)13-28-8-4-5-15(12-28)22-26-19-6-2-3-7-21(19)30-22/h2-3,6-7,9-11,15H,4-5,8,12-13H2,1H3/t15-/m1/s1. The molecule has 5 nitrogen and oxygen atoms in total. The summed E-state index contributed by atoms with van der Waals surface area (Å²) < 4.78 is 38.8. The van der Waals surface area contributed by atoms with Gasteiger partial charge in [0.05, 0.1) is 5.69 Å². The summed E-state index contributed by atoms with van der Waals surface area (Å²) in [5.41, 5.74) is 2.76. The molecule has 1 fully saturated rings. The Hall–Kier alpha value is -3.06. The summed E-state index contributed by atoms with van der Waals surface area (Å²) in [4.78, 5) is 11.5. The number of hydrogen-bond acceptors (Lipinski definition) is 5. The summed E-state index contributed by atoms with van der Waals surface area (Å²) in [6.45, 7) is 4.17. The first-order valence-electron chi connectivity index (χ1n) is 10.1. The third-order valence-corrected chi connectivity index (χ3v) is 5.54. The predicted octanol–water partition coefficient (Wildman–Crippen LogP) is 5.45. The van der Waals surface area contributed by atoms with Crippen molar-refractivity contribution in [3.63, 3.8) is 0 Å². The van der Waals surface area contributed by atoms with E-state index in [4.69, 9.17) is 8.83 Å². The molecule has 0 unspecified atom stereocenters. The normalized spacial score (nSPS) is 17.6. The lowest BCUT2D eigenvalue weighted by molar-refractivity contribution is 0.185. The second-order valence-corrected chi connectivity index (χ2v) is 7.77. The monoisotopic (exact) mass is 409 g/mol. The lowest BCUT2D eigenvalue weighted by Gasteiger charge is -2.30. The molecule has 1 aliphatic heterocycles. The van der Waals surface area contributed by atoms with E-state index in [0.717, 1.165) is 54.7 Å². The first-order chi connectivity index (χ1) is 14.5. The molecule has 3 heterocycles. The van der Waals surface area contributed by atoms with E-state index in [-0.39, 0.29) is 11.8 Å². The highest BCUT2D eigenvalue weighted by Crippen LogP contribution is 2.30. The number of hydrogen-bond donors (Lipinski definition) is 0. The average Bonchev–Trinajstić information content (AvgIpc) is 3.31. The van der Waals surface area contributed by atoms with Crippen LogP contribution < -0.4 is 0 Å². The van der Waals surface area contributed by atoms with E-state index < -0.39 is 11.6 Å². The van der Waals surface area contributed by atoms with Crippen LogP contribution in [0.5, 0.6) is 0 Å². The van der Waals surface area contributed by atoms with Crippen LogP contribution in [0.3, 0.4) is 0 Å². The summed E-state index contributed by atoms with van der Waals surface area (Å²) in [7, 11) is 0. The fourth-order valence-electron chi connectivity index (χ4n) is 4.05. The molecule has 2 aromatic carbocycles. The number of benzene rings is 2. The quantitative estimate of drug-likeness (QED) is 0.449. The summed E-state index contributed by atoms with van der Waals surface area (Å²) >= 11 is 0. The molecular weight excluding hydrogens is 388 g/mol. The van der Waals surface area contributed by atoms with Crippen LogP contribution in [-0.2, 0) is 6.54 Å². The molecule has 0 spiro atoms. The van der Waals surface area contributed by atoms with Gasteiger partial charge in [-0.25, -0.2) is 18.7 Å². The van der Waals surface area contributed by atoms with Crippen LogP contribution in [0.4, 0.5) is 8.78 Å². The molecule has 1 saturated heterocycles. The van der Waals surface area contributed by atoms with Gasteiger partial charge >= 0.3 is 0 Å². The maximum Gasteiger partial charge on any atom is 0.226 e. The number of para-hydroxylation sites is 2. The third-order valence-electron chi connectivity index (χ3n) is 5.54. The minimum Gasteiger partial charge on any atom is -0.441 e. The number of fused-ring (bicyclic) bond motifs is 1. The van der Waals surface area contributed by atoms with Gasteiger partial charge in [-0.3, -0.25) is 4.90 Å². The van der Waals surface area contributed by atoms with Crippen LogP contribution in [0.15, 0.2) is 51.3 Å². The zero-order valence-corrected chi connectivity index (χ0v) is 16.6. The van der Waals surface area contributed by atoms with Gasteiger partial charge < -0.3 is 8.83 Å². The summed E-state index contributed by atoms with van der Waals surface area (Å²) in [6.07, 6.45) is 2.05. The first-order valence-corrected chi connectivity index (χ1v) is 10.1. The zero-order valence-electron chi connectivity index (χ0n) is 16.6. The van der Waals surface area contributed by atoms with E-state index >= 15 is 0 Å². The molecule has 0 amide bonds. The molecule has 1 atom stereocenters. The number of rotatable bonds is 4. The van der Waals surface area contributed by atoms with Gasteiger partial charge in [-0.1, -0.05) is 12.1 Å². The number of likely N-dealkylation sites (tertiary alicyclic amines) is 1. The van der Waals surface area contributed by atoms with Crippen LogP contribution in [-0.4, -0.2) is 28.0 Å². The van der Waals surface area contributed by atoms with Crippen molar-refractivity contribution in [2.75, 3.05) is 13.1 Å². The molecule has 2 aromatic heterocycles. The van der Waals surface area contributed by atoms with Gasteiger partial charge in [0.2, 0.25) is 5.89 Å². The fraction of sp³-hybridized carbons (Fsp3) is 0.304. The minimum atomic E-state index is -0.653. The fourth-order valence-corrected chi connectivity index (χ4v) is 4.05. The first kappa shape index (κ1) is 18.9. The second-order valence-electron chi connectivity index (χ2n) is 7.77. The van der Waals surface area contributed by atoms with Crippen molar-refractivity contribution >= 4 is 11.1 Å². The number of halogens is 2. The van der Waals surface area contributed by atoms with Gasteiger partial charge in [0.1, 0.15) is 22.9 Å². The molecule has 0 radical (unpaired) electrons. The summed E-state index contributed by atoms with van der Waals surface area (Å²) in [5, 5.41) is 0. The Labute approximate surface area is 172 Å². The van der Waals surface area contributed by atoms with Crippen LogP contribution in [0, 0.1) is 18.6 Å². The Morgan fingerprint density at radius 3 is 2.67 bits per heavy atom. The van der Waals surface area contributed by atoms with E-state index in [2.05, 4.69) is 14.9 Å². The van der Waals surface area contributed by atoms with Gasteiger partial charge in [-0.2, -0.15) is 0 Å². The molecule has 7 heteroatoms. The van der Waals surface area contributed by atoms with Crippen LogP contribution in [0.1, 0.15) is 36.1 Å². The Morgan fingerprint density at radius 2 is 1.87 bits per heavy atom. The van der Waals surface area contributed by atoms with Crippen molar-refractivity contribution in [2.24, 2.45) is 0 Å². The van der Waals surface area contributed by atoms with E-state index in [1.54, 1.807) is 0 Å². The van der Waals surface area contributed by atoms with Gasteiger partial charge in [0, 0.05) is 30.6 Å². The molecule has 154 valence electrons. The zero-order chi connectivity index (χ0) is 20.7. The van der Waals surface area contributed by atoms with Crippen LogP contribution in [0.25, 0.3) is 22.6 Å². The Bertz CT molecular complexity index is 1150. The smallest absolute Gasteiger partial charge is 0.226 e. The number of nitrogens with zero attached hydrogens (tertiary/aromatic N) is 3. The largest absolute Gasteiger partial charge is 0.441 e. The maximum absolute atomic E-state index is 13.5. The van der Waals surface area contributed by atoms with Gasteiger partial charge in [-0.15, -0.1) is 0 Å². The molecule has 0 saturated carbocycles. The van der Waals surface area contributed by atoms with E-state index in [1.165, 1.54) is 12.1 Å². The highest BCUT2D eigenvalue weighted by Gasteiger charge is 2.27. The maximum atomic E-state index is 13.5. The van der Waals surface area contributed by atoms with Gasteiger partial charge in [0.15, 0.2) is 11.5 Å². The highest BCUT2D eigenvalue weighted by molar-refractivity contribution is 5.72. The Kier molecular flexibility index (Phi) is 4.83. The molecule has 0 bridgehead atoms. The molecule has 1 aliphatic rings. The van der Waals surface area contributed by atoms with Crippen molar-refractivity contribution in [1.82, 2.24) is 14.9 Å². The lowest BCUT2D eigenvalue weighted by atomic mass is 9.98. The van der Waals surface area contributed by atoms with Crippen molar-refractivity contribution in [2.45, 2.75) is 32.2 Å². The van der Waals surface area contributed by atoms with Crippen molar-refractivity contribution in [1.29, 1.82) is 0 Å². The Balaban J connectivity index is 1.33. The molecule has 0 N–H and O–H groups in total. The lowest BCUT2D eigenvalue weighted by Crippen LogP contribution is -2.34. The number of aryl methyl sites for hydroxylation is 1. The van der Waals surface area contributed by atoms with Crippen LogP contribution in [0.2, 0.25) is 0 Å². The number of aromatic nitrogens is 2. The van der Waals surface area contributed by atoms with Gasteiger partial charge in [0.25, 0.3) is 0 Å². The second kappa shape index (κ2) is 7.65. The molecule has 0 aliphatic carbocycles. The third kappa shape index (κ3) is 3.73. The minimum absolute atomic E-state index is 0.218. The molecule has 4 aromatic rings. The summed E-state index contributed by atoms with van der Waals surface area (Å²) in [5.74, 6) is 0.565. The predicted molar refractivity (Wildman–Crippen MR) is 108 cm³/mol. The van der Waals surface area contributed by atoms with Crippen molar-refractivity contribution in [3.05, 3.63) is 71.4 Å². The topological polar surface area (TPSA) is 55.3 Å². The van der Waals surface area contributed by atoms with Crippen molar-refractivity contribution < 1.29 is 17.6 Å². The van der Waals surface area contributed by atoms with Crippen molar-refractivity contribution in [3.8, 4) is 11.5 Å². The summed E-state index contributed by atoms with van der Waals surface area (Å²) in [6, 6.07) is 11.1. The highest BCUT2D eigenvalue weighted by atomic mass is 19.1. The van der Waals surface area contributed by atoms with Crippen LogP contribution >= 0.6 is 0 Å². The Morgan fingerprint density at radius 1 is 1.07 bits per heavy atom. The molecule has 5 rings (SSSR count). The average molecular weight is 409 g/mol. The van der Waals surface area contributed by atoms with Gasteiger partial charge in [-0.05, 0) is 50.6 Å². The van der Waals surface area contributed by atoms with E-state index in [1.807, 2.05) is 31.2 Å². The number of oxazole rings is 2. The van der Waals surface area contributed by atoms with E-state index in [9.17, 15) is 8.78 Å². The SMILES string of the molecule is Cc1oc(-c2cc(F)cc(F)c2)nc1CN1CCC[C@@H](c2nc3ccccc3o2)C1. The molecular formula is C23H21F2N3O2.